The number of amides is 1. The van der Waals surface area contributed by atoms with Crippen LogP contribution in [0.3, 0.4) is 0 Å². The Kier molecular flexibility index (Phi) is 6.63. The predicted octanol–water partition coefficient (Wildman–Crippen LogP) is 3.62. The molecule has 0 radical (unpaired) electrons. The van der Waals surface area contributed by atoms with Gasteiger partial charge in [-0.15, -0.1) is 0 Å². The van der Waals surface area contributed by atoms with Crippen molar-refractivity contribution in [1.29, 1.82) is 0 Å². The standard InChI is InChI=1S/C19H29NO4/c1-19(2,3)24-18(21)20-16(13-22-4)10-11-17(20)14-23-12-15-8-6-5-7-9-15/h5-9,16-17H,10-14H2,1-4H3. The van der Waals surface area contributed by atoms with E-state index in [9.17, 15) is 4.79 Å². The number of hydrogen-bond acceptors (Lipinski definition) is 4. The number of hydrogen-bond donors (Lipinski definition) is 0. The van der Waals surface area contributed by atoms with Gasteiger partial charge < -0.3 is 14.2 Å². The van der Waals surface area contributed by atoms with Gasteiger partial charge in [0.05, 0.1) is 31.9 Å². The molecule has 0 aliphatic carbocycles. The first-order valence-electron chi connectivity index (χ1n) is 8.52. The zero-order chi connectivity index (χ0) is 17.6. The minimum Gasteiger partial charge on any atom is -0.444 e. The number of carbonyl (C=O) groups is 1. The van der Waals surface area contributed by atoms with Crippen LogP contribution in [0.25, 0.3) is 0 Å². The maximum atomic E-state index is 12.6. The highest BCUT2D eigenvalue weighted by atomic mass is 16.6. The monoisotopic (exact) mass is 335 g/mol. The summed E-state index contributed by atoms with van der Waals surface area (Å²) in [6, 6.07) is 10.1. The molecule has 1 saturated heterocycles. The molecule has 0 saturated carbocycles. The van der Waals surface area contributed by atoms with Crippen LogP contribution in [0.15, 0.2) is 30.3 Å². The zero-order valence-corrected chi connectivity index (χ0v) is 15.2. The number of nitrogens with zero attached hydrogens (tertiary/aromatic N) is 1. The van der Waals surface area contributed by atoms with E-state index >= 15 is 0 Å². The average molecular weight is 335 g/mol. The van der Waals surface area contributed by atoms with E-state index < -0.39 is 5.60 Å². The third-order valence-electron chi connectivity index (χ3n) is 4.01. The summed E-state index contributed by atoms with van der Waals surface area (Å²) in [5.74, 6) is 0. The topological polar surface area (TPSA) is 48.0 Å². The number of carbonyl (C=O) groups excluding carboxylic acids is 1. The first kappa shape index (κ1) is 18.7. The van der Waals surface area contributed by atoms with Crippen LogP contribution < -0.4 is 0 Å². The Bertz CT molecular complexity index is 512. The lowest BCUT2D eigenvalue weighted by atomic mass is 10.2. The fraction of sp³-hybridized carbons (Fsp3) is 0.632. The lowest BCUT2D eigenvalue weighted by Gasteiger charge is -2.32. The first-order chi connectivity index (χ1) is 11.4. The Hall–Kier alpha value is -1.59. The van der Waals surface area contributed by atoms with Crippen LogP contribution in [0.4, 0.5) is 4.79 Å². The quantitative estimate of drug-likeness (QED) is 0.797. The Morgan fingerprint density at radius 3 is 2.33 bits per heavy atom. The molecular weight excluding hydrogens is 306 g/mol. The van der Waals surface area contributed by atoms with Crippen LogP contribution >= 0.6 is 0 Å². The highest BCUT2D eigenvalue weighted by Crippen LogP contribution is 2.27. The lowest BCUT2D eigenvalue weighted by Crippen LogP contribution is -2.47. The molecule has 134 valence electrons. The van der Waals surface area contributed by atoms with Crippen LogP contribution in [0.5, 0.6) is 0 Å². The van der Waals surface area contributed by atoms with E-state index in [0.29, 0.717) is 19.8 Å². The van der Waals surface area contributed by atoms with Crippen molar-refractivity contribution in [3.8, 4) is 0 Å². The molecule has 1 aliphatic heterocycles. The number of benzene rings is 1. The number of ether oxygens (including phenoxy) is 3. The Labute approximate surface area is 144 Å². The molecule has 5 heteroatoms. The molecule has 0 bridgehead atoms. The summed E-state index contributed by atoms with van der Waals surface area (Å²) >= 11 is 0. The first-order valence-corrected chi connectivity index (χ1v) is 8.52. The molecule has 1 fully saturated rings. The second-order valence-electron chi connectivity index (χ2n) is 7.23. The van der Waals surface area contributed by atoms with Crippen molar-refractivity contribution in [1.82, 2.24) is 4.90 Å². The normalized spacial score (nSPS) is 21.1. The van der Waals surface area contributed by atoms with Gasteiger partial charge in [0, 0.05) is 7.11 Å². The van der Waals surface area contributed by atoms with E-state index in [4.69, 9.17) is 14.2 Å². The van der Waals surface area contributed by atoms with Gasteiger partial charge in [0.15, 0.2) is 0 Å². The van der Waals surface area contributed by atoms with Gasteiger partial charge in [0.25, 0.3) is 0 Å². The second-order valence-corrected chi connectivity index (χ2v) is 7.23. The minimum absolute atomic E-state index is 0.0312. The molecule has 2 atom stereocenters. The smallest absolute Gasteiger partial charge is 0.410 e. The van der Waals surface area contributed by atoms with Crippen LogP contribution in [0.2, 0.25) is 0 Å². The molecule has 1 aromatic rings. The zero-order valence-electron chi connectivity index (χ0n) is 15.2. The van der Waals surface area contributed by atoms with Crippen molar-refractivity contribution in [2.24, 2.45) is 0 Å². The molecule has 2 rings (SSSR count). The largest absolute Gasteiger partial charge is 0.444 e. The summed E-state index contributed by atoms with van der Waals surface area (Å²) < 4.78 is 16.7. The van der Waals surface area contributed by atoms with Crippen LogP contribution in [0, 0.1) is 0 Å². The Morgan fingerprint density at radius 1 is 1.12 bits per heavy atom. The van der Waals surface area contributed by atoms with Gasteiger partial charge in [-0.25, -0.2) is 4.79 Å². The molecule has 2 unspecified atom stereocenters. The Morgan fingerprint density at radius 2 is 1.75 bits per heavy atom. The molecule has 1 amide bonds. The van der Waals surface area contributed by atoms with Gasteiger partial charge in [-0.3, -0.25) is 4.90 Å². The van der Waals surface area contributed by atoms with Crippen molar-refractivity contribution in [2.75, 3.05) is 20.3 Å². The molecule has 1 aromatic carbocycles. The molecule has 5 nitrogen and oxygen atoms in total. The van der Waals surface area contributed by atoms with E-state index in [1.54, 1.807) is 12.0 Å². The van der Waals surface area contributed by atoms with Crippen molar-refractivity contribution in [3.05, 3.63) is 35.9 Å². The van der Waals surface area contributed by atoms with Gasteiger partial charge in [-0.2, -0.15) is 0 Å². The summed E-state index contributed by atoms with van der Waals surface area (Å²) in [5.41, 5.74) is 0.625. The van der Waals surface area contributed by atoms with Gasteiger partial charge >= 0.3 is 6.09 Å². The molecule has 24 heavy (non-hydrogen) atoms. The predicted molar refractivity (Wildman–Crippen MR) is 92.9 cm³/mol. The van der Waals surface area contributed by atoms with Crippen LogP contribution in [0.1, 0.15) is 39.2 Å². The van der Waals surface area contributed by atoms with Crippen LogP contribution in [-0.2, 0) is 20.8 Å². The van der Waals surface area contributed by atoms with Gasteiger partial charge in [0.2, 0.25) is 0 Å². The van der Waals surface area contributed by atoms with Gasteiger partial charge in [-0.1, -0.05) is 30.3 Å². The van der Waals surface area contributed by atoms with Crippen molar-refractivity contribution >= 4 is 6.09 Å². The number of methoxy groups -OCH3 is 1. The van der Waals surface area contributed by atoms with Gasteiger partial charge in [-0.05, 0) is 39.2 Å². The summed E-state index contributed by atoms with van der Waals surface area (Å²) in [5, 5.41) is 0. The van der Waals surface area contributed by atoms with Gasteiger partial charge in [0.1, 0.15) is 5.60 Å². The fourth-order valence-corrected chi connectivity index (χ4v) is 2.98. The lowest BCUT2D eigenvalue weighted by molar-refractivity contribution is -0.00811. The van der Waals surface area contributed by atoms with E-state index in [-0.39, 0.29) is 18.2 Å². The molecule has 0 spiro atoms. The molecule has 0 aromatic heterocycles. The van der Waals surface area contributed by atoms with Crippen molar-refractivity contribution in [2.45, 2.75) is 57.9 Å². The summed E-state index contributed by atoms with van der Waals surface area (Å²) in [4.78, 5) is 14.4. The SMILES string of the molecule is COCC1CCC(COCc2ccccc2)N1C(=O)OC(C)(C)C. The molecular formula is C19H29NO4. The third-order valence-corrected chi connectivity index (χ3v) is 4.01. The average Bonchev–Trinajstić information content (AvgIpc) is 2.90. The van der Waals surface area contributed by atoms with E-state index in [1.807, 2.05) is 51.1 Å². The summed E-state index contributed by atoms with van der Waals surface area (Å²) in [6.07, 6.45) is 1.53. The Balaban J connectivity index is 1.94. The molecule has 1 heterocycles. The van der Waals surface area contributed by atoms with E-state index in [0.717, 1.165) is 18.4 Å². The highest BCUT2D eigenvalue weighted by Gasteiger charge is 2.39. The summed E-state index contributed by atoms with van der Waals surface area (Å²) in [7, 11) is 1.66. The van der Waals surface area contributed by atoms with E-state index in [2.05, 4.69) is 0 Å². The van der Waals surface area contributed by atoms with E-state index in [1.165, 1.54) is 0 Å². The number of rotatable bonds is 6. The third kappa shape index (κ3) is 5.49. The van der Waals surface area contributed by atoms with Crippen LogP contribution in [-0.4, -0.2) is 49.0 Å². The van der Waals surface area contributed by atoms with Crippen molar-refractivity contribution < 1.29 is 19.0 Å². The number of likely N-dealkylation sites (tertiary alicyclic amines) is 1. The molecule has 0 N–H and O–H groups in total. The minimum atomic E-state index is -0.507. The molecule has 1 aliphatic rings. The summed E-state index contributed by atoms with van der Waals surface area (Å²) in [6.45, 7) is 7.23. The second kappa shape index (κ2) is 8.49. The van der Waals surface area contributed by atoms with Crippen molar-refractivity contribution in [3.63, 3.8) is 0 Å². The maximum Gasteiger partial charge on any atom is 0.410 e. The highest BCUT2D eigenvalue weighted by molar-refractivity contribution is 5.69. The maximum absolute atomic E-state index is 12.6. The fourth-order valence-electron chi connectivity index (χ4n) is 2.98.